The van der Waals surface area contributed by atoms with Crippen LogP contribution in [0, 0.1) is 0 Å². The fraction of sp³-hybridized carbons (Fsp3) is 0.455. The van der Waals surface area contributed by atoms with Crippen LogP contribution in [-0.2, 0) is 5.41 Å². The first kappa shape index (κ1) is 35.2. The minimum absolute atomic E-state index is 0.161. The van der Waals surface area contributed by atoms with Gasteiger partial charge in [-0.2, -0.15) is 0 Å². The van der Waals surface area contributed by atoms with Crippen LogP contribution in [0.1, 0.15) is 105 Å². The van der Waals surface area contributed by atoms with Crippen LogP contribution in [0.25, 0.3) is 0 Å². The summed E-state index contributed by atoms with van der Waals surface area (Å²) < 4.78 is 0. The van der Waals surface area contributed by atoms with E-state index < -0.39 is 0 Å². The molecular weight excluding hydrogens is 444 g/mol. The van der Waals surface area contributed by atoms with Crippen molar-refractivity contribution in [2.75, 3.05) is 0 Å². The van der Waals surface area contributed by atoms with Gasteiger partial charge in [-0.25, -0.2) is 0 Å². The van der Waals surface area contributed by atoms with Gasteiger partial charge in [0, 0.05) is 0 Å². The minimum Gasteiger partial charge on any atom is -0.508 e. The fourth-order valence-corrected chi connectivity index (χ4v) is 4.07. The number of para-hydroxylation sites is 1. The molecule has 1 aliphatic carbocycles. The molecule has 0 aliphatic heterocycles. The minimum atomic E-state index is 0.161. The number of hydrogen-bond acceptors (Lipinski definition) is 3. The third kappa shape index (κ3) is 12.7. The van der Waals surface area contributed by atoms with Crippen molar-refractivity contribution in [3.63, 3.8) is 0 Å². The molecule has 0 aromatic heterocycles. The van der Waals surface area contributed by atoms with Gasteiger partial charge in [0.15, 0.2) is 0 Å². The van der Waals surface area contributed by atoms with Gasteiger partial charge in [0.25, 0.3) is 0 Å². The normalized spacial score (nSPS) is 17.3. The summed E-state index contributed by atoms with van der Waals surface area (Å²) in [5.74, 6) is 1.52. The molecule has 0 spiro atoms. The maximum atomic E-state index is 9.47. The van der Waals surface area contributed by atoms with Gasteiger partial charge in [0.1, 0.15) is 17.2 Å². The van der Waals surface area contributed by atoms with Gasteiger partial charge in [-0.1, -0.05) is 111 Å². The topological polar surface area (TPSA) is 60.7 Å². The number of aromatic hydroxyl groups is 3. The second-order valence-electron chi connectivity index (χ2n) is 7.83. The van der Waals surface area contributed by atoms with Crippen molar-refractivity contribution < 1.29 is 15.3 Å². The molecule has 3 heteroatoms. The van der Waals surface area contributed by atoms with Crippen molar-refractivity contribution in [1.29, 1.82) is 0 Å². The summed E-state index contributed by atoms with van der Waals surface area (Å²) in [5, 5.41) is 27.5. The second kappa shape index (κ2) is 21.4. The van der Waals surface area contributed by atoms with Crippen molar-refractivity contribution in [3.8, 4) is 17.2 Å². The average molecular weight is 497 g/mol. The Hall–Kier alpha value is -2.94. The molecule has 3 N–H and O–H groups in total. The highest BCUT2D eigenvalue weighted by molar-refractivity contribution is 5.34. The molecule has 3 nitrogen and oxygen atoms in total. The van der Waals surface area contributed by atoms with Gasteiger partial charge in [0.2, 0.25) is 0 Å². The van der Waals surface area contributed by atoms with Gasteiger partial charge in [-0.15, -0.1) is 0 Å². The van der Waals surface area contributed by atoms with E-state index in [9.17, 15) is 10.2 Å². The van der Waals surface area contributed by atoms with Crippen LogP contribution in [0.15, 0.2) is 78.9 Å². The van der Waals surface area contributed by atoms with Crippen LogP contribution in [0.2, 0.25) is 0 Å². The molecule has 0 heterocycles. The first-order valence-corrected chi connectivity index (χ1v) is 13.8. The van der Waals surface area contributed by atoms with E-state index in [1.165, 1.54) is 30.4 Å². The summed E-state index contributed by atoms with van der Waals surface area (Å²) in [6, 6.07) is 24.0. The number of benzene rings is 3. The Morgan fingerprint density at radius 1 is 0.583 bits per heavy atom. The number of rotatable bonds is 2. The Morgan fingerprint density at radius 3 is 1.42 bits per heavy atom. The van der Waals surface area contributed by atoms with Crippen LogP contribution < -0.4 is 0 Å². The van der Waals surface area contributed by atoms with E-state index in [0.717, 1.165) is 6.42 Å². The van der Waals surface area contributed by atoms with Crippen LogP contribution in [0.3, 0.4) is 0 Å². The molecule has 3 aromatic rings. The predicted molar refractivity (Wildman–Crippen MR) is 158 cm³/mol. The molecule has 3 aromatic carbocycles. The largest absolute Gasteiger partial charge is 0.508 e. The van der Waals surface area contributed by atoms with Crippen molar-refractivity contribution in [3.05, 3.63) is 90.0 Å². The lowest BCUT2D eigenvalue weighted by Gasteiger charge is -2.39. The van der Waals surface area contributed by atoms with E-state index in [4.69, 9.17) is 5.11 Å². The van der Waals surface area contributed by atoms with Crippen molar-refractivity contribution >= 4 is 0 Å². The number of phenols is 3. The van der Waals surface area contributed by atoms with E-state index in [-0.39, 0.29) is 5.41 Å². The number of hydrogen-bond donors (Lipinski definition) is 3. The summed E-state index contributed by atoms with van der Waals surface area (Å²) in [7, 11) is 0. The van der Waals surface area contributed by atoms with Gasteiger partial charge >= 0.3 is 0 Å². The first-order chi connectivity index (χ1) is 17.5. The third-order valence-corrected chi connectivity index (χ3v) is 5.66. The molecule has 1 saturated carbocycles. The zero-order valence-corrected chi connectivity index (χ0v) is 24.3. The Kier molecular flexibility index (Phi) is 20.9. The number of phenolic OH excluding ortho intramolecular Hbond substituents is 3. The molecule has 0 radical (unpaired) electrons. The SMILES string of the molecule is CC.CC.CC.CC.CC1(c2ccc(O)cc2)CCCC(c2ccc(O)cc2)C1.Oc1ccccc1. The molecule has 1 aliphatic rings. The monoisotopic (exact) mass is 496 g/mol. The Morgan fingerprint density at radius 2 is 1.00 bits per heavy atom. The van der Waals surface area contributed by atoms with E-state index in [1.54, 1.807) is 48.5 Å². The van der Waals surface area contributed by atoms with Crippen molar-refractivity contribution in [1.82, 2.24) is 0 Å². The van der Waals surface area contributed by atoms with Gasteiger partial charge < -0.3 is 15.3 Å². The smallest absolute Gasteiger partial charge is 0.115 e. The van der Waals surface area contributed by atoms with Crippen LogP contribution >= 0.6 is 0 Å². The van der Waals surface area contributed by atoms with E-state index in [1.807, 2.05) is 73.6 Å². The van der Waals surface area contributed by atoms with Crippen molar-refractivity contribution in [2.45, 2.75) is 99.3 Å². The quantitative estimate of drug-likeness (QED) is 0.331. The van der Waals surface area contributed by atoms with Crippen molar-refractivity contribution in [2.24, 2.45) is 0 Å². The molecule has 202 valence electrons. The summed E-state index contributed by atoms with van der Waals surface area (Å²) in [6.07, 6.45) is 4.72. The van der Waals surface area contributed by atoms with Crippen LogP contribution in [0.5, 0.6) is 17.2 Å². The molecule has 2 unspecified atom stereocenters. The second-order valence-corrected chi connectivity index (χ2v) is 7.83. The van der Waals surface area contributed by atoms with E-state index in [0.29, 0.717) is 23.2 Å². The van der Waals surface area contributed by atoms with E-state index in [2.05, 4.69) is 19.1 Å². The molecule has 0 amide bonds. The molecule has 1 fully saturated rings. The summed E-state index contributed by atoms with van der Waals surface area (Å²) in [5.41, 5.74) is 2.79. The lowest BCUT2D eigenvalue weighted by Crippen LogP contribution is -2.29. The molecule has 0 saturated heterocycles. The molecule has 36 heavy (non-hydrogen) atoms. The van der Waals surface area contributed by atoms with Gasteiger partial charge in [-0.05, 0) is 78.1 Å². The van der Waals surface area contributed by atoms with Gasteiger partial charge in [0.05, 0.1) is 0 Å². The molecule has 2 atom stereocenters. The summed E-state index contributed by atoms with van der Waals surface area (Å²) in [4.78, 5) is 0. The molecular formula is C33H52O3. The molecule has 0 bridgehead atoms. The third-order valence-electron chi connectivity index (χ3n) is 5.66. The summed E-state index contributed by atoms with van der Waals surface area (Å²) in [6.45, 7) is 18.3. The zero-order chi connectivity index (χ0) is 28.0. The average Bonchev–Trinajstić information content (AvgIpc) is 2.95. The Balaban J connectivity index is 0. The zero-order valence-electron chi connectivity index (χ0n) is 24.3. The van der Waals surface area contributed by atoms with Gasteiger partial charge in [-0.3, -0.25) is 0 Å². The highest BCUT2D eigenvalue weighted by atomic mass is 16.3. The first-order valence-electron chi connectivity index (χ1n) is 13.8. The molecule has 4 rings (SSSR count). The lowest BCUT2D eigenvalue weighted by molar-refractivity contribution is 0.287. The highest BCUT2D eigenvalue weighted by Gasteiger charge is 2.34. The highest BCUT2D eigenvalue weighted by Crippen LogP contribution is 2.45. The maximum absolute atomic E-state index is 9.47. The van der Waals surface area contributed by atoms with Crippen LogP contribution in [-0.4, -0.2) is 15.3 Å². The Labute approximate surface area is 221 Å². The Bertz CT molecular complexity index is 858. The summed E-state index contributed by atoms with van der Waals surface area (Å²) >= 11 is 0. The maximum Gasteiger partial charge on any atom is 0.115 e. The van der Waals surface area contributed by atoms with E-state index >= 15 is 0 Å². The lowest BCUT2D eigenvalue weighted by atomic mass is 9.66. The standard InChI is InChI=1S/C19H22O2.C6H6O.4C2H6/c1-19(16-6-10-18(21)11-7-16)12-2-3-15(13-19)14-4-8-17(20)9-5-14;7-6-4-2-1-3-5-6;4*1-2/h4-11,15,20-21H,2-3,12-13H2,1H3;1-5,7H;4*1-2H3. The predicted octanol–water partition coefficient (Wildman–Crippen LogP) is 10.2. The van der Waals surface area contributed by atoms with Crippen LogP contribution in [0.4, 0.5) is 0 Å². The fourth-order valence-electron chi connectivity index (χ4n) is 4.07.